The molecule has 1 heterocycles. The van der Waals surface area contributed by atoms with Gasteiger partial charge in [0.25, 0.3) is 11.8 Å². The van der Waals surface area contributed by atoms with Crippen molar-refractivity contribution in [2.24, 2.45) is 0 Å². The molecule has 194 valence electrons. The fourth-order valence-corrected chi connectivity index (χ4v) is 4.57. The molecule has 1 aliphatic rings. The summed E-state index contributed by atoms with van der Waals surface area (Å²) in [4.78, 5) is 36.9. The summed E-state index contributed by atoms with van der Waals surface area (Å²) in [6.07, 6.45) is 1.45. The van der Waals surface area contributed by atoms with Crippen molar-refractivity contribution < 1.29 is 29.0 Å². The number of thioether (sulfide) groups is 1. The van der Waals surface area contributed by atoms with Crippen molar-refractivity contribution in [2.75, 3.05) is 6.61 Å². The summed E-state index contributed by atoms with van der Waals surface area (Å²) in [5.41, 5.74) is 5.69. The molecule has 2 N–H and O–H groups in total. The molecule has 0 bridgehead atoms. The predicted molar refractivity (Wildman–Crippen MR) is 149 cm³/mol. The highest BCUT2D eigenvalue weighted by Crippen LogP contribution is 2.33. The van der Waals surface area contributed by atoms with E-state index in [-0.39, 0.29) is 17.3 Å². The second-order valence-corrected chi connectivity index (χ2v) is 9.96. The van der Waals surface area contributed by atoms with E-state index < -0.39 is 17.8 Å². The normalized spacial score (nSPS) is 14.0. The summed E-state index contributed by atoms with van der Waals surface area (Å²) in [7, 11) is 0. The van der Waals surface area contributed by atoms with Gasteiger partial charge < -0.3 is 14.6 Å². The highest BCUT2D eigenvalue weighted by atomic mass is 32.2. The number of nitrogens with zero attached hydrogens (tertiary/aromatic N) is 1. The summed E-state index contributed by atoms with van der Waals surface area (Å²) >= 11 is 6.36. The van der Waals surface area contributed by atoms with Crippen LogP contribution in [0.1, 0.15) is 33.5 Å². The standard InChI is InChI=1S/C28H24N2O6S2/c1-18-6-8-19(9-7-18)17-36-22-12-10-20(11-13-22)26(33)29-30-27(34)24(38-28(30)37)16-21-4-2-3-5-23(21)35-15-14-25(31)32/h2-13,16H,14-15,17H2,1H3,(H,29,33)(H,31,32)/b24-16+. The van der Waals surface area contributed by atoms with E-state index in [1.54, 1.807) is 54.6 Å². The Balaban J connectivity index is 1.37. The topological polar surface area (TPSA) is 105 Å². The summed E-state index contributed by atoms with van der Waals surface area (Å²) in [6.45, 7) is 2.42. The molecular formula is C28H24N2O6S2. The highest BCUT2D eigenvalue weighted by Gasteiger charge is 2.34. The van der Waals surface area contributed by atoms with E-state index in [1.165, 1.54) is 5.56 Å². The Kier molecular flexibility index (Phi) is 8.77. The van der Waals surface area contributed by atoms with Crippen LogP contribution >= 0.6 is 24.0 Å². The molecule has 1 aliphatic heterocycles. The Morgan fingerprint density at radius 1 is 1.03 bits per heavy atom. The molecule has 1 fully saturated rings. The third-order valence-corrected chi connectivity index (χ3v) is 6.73. The van der Waals surface area contributed by atoms with Crippen molar-refractivity contribution in [1.82, 2.24) is 10.4 Å². The smallest absolute Gasteiger partial charge is 0.306 e. The van der Waals surface area contributed by atoms with Crippen LogP contribution in [-0.2, 0) is 16.2 Å². The molecule has 4 rings (SSSR count). The average molecular weight is 549 g/mol. The number of nitrogens with one attached hydrogen (secondary N) is 1. The van der Waals surface area contributed by atoms with Gasteiger partial charge in [-0.25, -0.2) is 0 Å². The van der Waals surface area contributed by atoms with Crippen LogP contribution in [0.4, 0.5) is 0 Å². The first kappa shape index (κ1) is 26.9. The van der Waals surface area contributed by atoms with Crippen molar-refractivity contribution in [3.05, 3.63) is 100.0 Å². The molecule has 3 aromatic carbocycles. The van der Waals surface area contributed by atoms with E-state index in [9.17, 15) is 14.4 Å². The summed E-state index contributed by atoms with van der Waals surface area (Å²) in [6, 6.07) is 21.6. The Labute approximate surface area is 229 Å². The van der Waals surface area contributed by atoms with Gasteiger partial charge in [-0.05, 0) is 61.1 Å². The zero-order valence-corrected chi connectivity index (χ0v) is 22.0. The van der Waals surface area contributed by atoms with Crippen LogP contribution in [0.25, 0.3) is 6.08 Å². The quantitative estimate of drug-likeness (QED) is 0.270. The molecule has 0 atom stereocenters. The maximum absolute atomic E-state index is 13.0. The van der Waals surface area contributed by atoms with Gasteiger partial charge in [-0.3, -0.25) is 19.8 Å². The number of hydrogen-bond donors (Lipinski definition) is 2. The Bertz CT molecular complexity index is 1390. The summed E-state index contributed by atoms with van der Waals surface area (Å²) < 4.78 is 11.5. The van der Waals surface area contributed by atoms with Gasteiger partial charge in [-0.2, -0.15) is 5.01 Å². The molecule has 38 heavy (non-hydrogen) atoms. The van der Waals surface area contributed by atoms with Gasteiger partial charge in [0.05, 0.1) is 17.9 Å². The maximum atomic E-state index is 13.0. The Hall–Kier alpha value is -4.15. The average Bonchev–Trinajstić information content (AvgIpc) is 3.16. The molecule has 0 aromatic heterocycles. The SMILES string of the molecule is Cc1ccc(COc2ccc(C(=O)NN3C(=O)/C(=C\c4ccccc4OCCC(=O)O)SC3=S)cc2)cc1. The second-order valence-electron chi connectivity index (χ2n) is 8.29. The number of rotatable bonds is 10. The van der Waals surface area contributed by atoms with E-state index >= 15 is 0 Å². The molecule has 8 nitrogen and oxygen atoms in total. The van der Waals surface area contributed by atoms with Crippen molar-refractivity contribution in [1.29, 1.82) is 0 Å². The number of hydrogen-bond acceptors (Lipinski definition) is 7. The number of aliphatic carboxylic acids is 1. The third kappa shape index (κ3) is 6.99. The van der Waals surface area contributed by atoms with Crippen LogP contribution in [0.5, 0.6) is 11.5 Å². The number of carbonyl (C=O) groups is 3. The molecule has 10 heteroatoms. The minimum absolute atomic E-state index is 0.00696. The first-order valence-electron chi connectivity index (χ1n) is 11.6. The van der Waals surface area contributed by atoms with Crippen LogP contribution in [0.15, 0.2) is 77.7 Å². The number of aryl methyl sites for hydroxylation is 1. The van der Waals surface area contributed by atoms with Crippen molar-refractivity contribution >= 4 is 52.2 Å². The fourth-order valence-electron chi connectivity index (χ4n) is 3.40. The zero-order chi connectivity index (χ0) is 27.1. The Morgan fingerprint density at radius 2 is 1.74 bits per heavy atom. The zero-order valence-electron chi connectivity index (χ0n) is 20.4. The highest BCUT2D eigenvalue weighted by molar-refractivity contribution is 8.26. The molecule has 0 radical (unpaired) electrons. The van der Waals surface area contributed by atoms with E-state index in [0.717, 1.165) is 22.3 Å². The van der Waals surface area contributed by atoms with Crippen LogP contribution < -0.4 is 14.9 Å². The maximum Gasteiger partial charge on any atom is 0.306 e. The van der Waals surface area contributed by atoms with Crippen molar-refractivity contribution in [3.8, 4) is 11.5 Å². The van der Waals surface area contributed by atoms with E-state index in [2.05, 4.69) is 5.43 Å². The molecular weight excluding hydrogens is 524 g/mol. The monoisotopic (exact) mass is 548 g/mol. The molecule has 0 aliphatic carbocycles. The van der Waals surface area contributed by atoms with Crippen molar-refractivity contribution in [3.63, 3.8) is 0 Å². The lowest BCUT2D eigenvalue weighted by Gasteiger charge is -2.16. The van der Waals surface area contributed by atoms with Gasteiger partial charge >= 0.3 is 5.97 Å². The summed E-state index contributed by atoms with van der Waals surface area (Å²) in [5.74, 6) is -0.895. The predicted octanol–water partition coefficient (Wildman–Crippen LogP) is 4.97. The van der Waals surface area contributed by atoms with Crippen LogP contribution in [0.3, 0.4) is 0 Å². The molecule has 3 aromatic rings. The number of ether oxygens (including phenoxy) is 2. The van der Waals surface area contributed by atoms with Gasteiger partial charge in [0.1, 0.15) is 18.1 Å². The first-order valence-corrected chi connectivity index (χ1v) is 12.8. The Morgan fingerprint density at radius 3 is 2.45 bits per heavy atom. The second kappa shape index (κ2) is 12.4. The van der Waals surface area contributed by atoms with E-state index in [1.807, 2.05) is 31.2 Å². The number of thiocarbonyl (C=S) groups is 1. The number of para-hydroxylation sites is 1. The lowest BCUT2D eigenvalue weighted by atomic mass is 10.2. The third-order valence-electron chi connectivity index (χ3n) is 5.43. The molecule has 1 saturated heterocycles. The van der Waals surface area contributed by atoms with Crippen LogP contribution in [0, 0.1) is 6.92 Å². The minimum atomic E-state index is -0.969. The van der Waals surface area contributed by atoms with Gasteiger partial charge in [0.15, 0.2) is 4.32 Å². The number of hydrazine groups is 1. The number of benzene rings is 3. The van der Waals surface area contributed by atoms with Crippen molar-refractivity contribution in [2.45, 2.75) is 20.0 Å². The largest absolute Gasteiger partial charge is 0.492 e. The lowest BCUT2D eigenvalue weighted by molar-refractivity contribution is -0.137. The lowest BCUT2D eigenvalue weighted by Crippen LogP contribution is -2.44. The molecule has 0 unspecified atom stereocenters. The van der Waals surface area contributed by atoms with Gasteiger partial charge in [-0.15, -0.1) is 0 Å². The summed E-state index contributed by atoms with van der Waals surface area (Å²) in [5, 5.41) is 9.86. The van der Waals surface area contributed by atoms with E-state index in [0.29, 0.717) is 34.1 Å². The molecule has 2 amide bonds. The first-order chi connectivity index (χ1) is 18.3. The fraction of sp³-hybridized carbons (Fsp3) is 0.143. The number of amides is 2. The van der Waals surface area contributed by atoms with Gasteiger partial charge in [0, 0.05) is 11.1 Å². The minimum Gasteiger partial charge on any atom is -0.492 e. The van der Waals surface area contributed by atoms with E-state index in [4.69, 9.17) is 26.8 Å². The molecule has 0 spiro atoms. The number of carboxylic acid groups (broad SMARTS) is 1. The number of carbonyl (C=O) groups excluding carboxylic acids is 2. The molecule has 0 saturated carbocycles. The van der Waals surface area contributed by atoms with Crippen LogP contribution in [-0.4, -0.2) is 38.8 Å². The van der Waals surface area contributed by atoms with Gasteiger partial charge in [0.2, 0.25) is 0 Å². The van der Waals surface area contributed by atoms with Gasteiger partial charge in [-0.1, -0.05) is 59.8 Å². The number of carboxylic acids is 1. The van der Waals surface area contributed by atoms with Crippen LogP contribution in [0.2, 0.25) is 0 Å².